The molecule has 0 radical (unpaired) electrons. The maximum Gasteiger partial charge on any atom is 0.240 e. The highest BCUT2D eigenvalue weighted by molar-refractivity contribution is 5.83. The van der Waals surface area contributed by atoms with E-state index in [1.807, 2.05) is 109 Å². The molecule has 24 bridgehead atoms. The summed E-state index contributed by atoms with van der Waals surface area (Å²) >= 11 is 0. The molecular weight excluding hydrogens is 1050 g/mol. The predicted octanol–water partition coefficient (Wildman–Crippen LogP) is 16.5. The van der Waals surface area contributed by atoms with Crippen LogP contribution in [0.1, 0.15) is 33.4 Å². The molecule has 32 rings (SSSR count). The third kappa shape index (κ3) is 9.94. The first-order chi connectivity index (χ1) is 41.2. The van der Waals surface area contributed by atoms with Gasteiger partial charge in [0.15, 0.2) is 0 Å². The van der Waals surface area contributed by atoms with E-state index in [0.717, 1.165) is 66.8 Å². The number of nitriles is 6. The van der Waals surface area contributed by atoms with Gasteiger partial charge in [-0.15, -0.1) is 0 Å². The van der Waals surface area contributed by atoms with E-state index >= 15 is 0 Å². The van der Waals surface area contributed by atoms with E-state index in [1.165, 1.54) is 18.2 Å². The van der Waals surface area contributed by atoms with Crippen LogP contribution in [0.25, 0.3) is 66.8 Å². The number of hydrogen-bond acceptors (Lipinski definition) is 15. The molecule has 0 N–H and O–H groups in total. The Morgan fingerprint density at radius 1 is 0.190 bits per heavy atom. The van der Waals surface area contributed by atoms with Crippen molar-refractivity contribution in [2.24, 2.45) is 0 Å². The molecule has 0 unspecified atom stereocenters. The maximum atomic E-state index is 10.2. The van der Waals surface area contributed by atoms with Gasteiger partial charge in [-0.1, -0.05) is 72.8 Å². The maximum absolute atomic E-state index is 10.2. The minimum absolute atomic E-state index is 0.0321. The predicted molar refractivity (Wildman–Crippen MR) is 307 cm³/mol. The average Bonchev–Trinajstić information content (AvgIpc) is 3.20. The fourth-order valence-electron chi connectivity index (χ4n) is 9.61. The molecule has 24 heterocycles. The van der Waals surface area contributed by atoms with E-state index < -0.39 is 0 Å². The quantitative estimate of drug-likeness (QED) is 0.137. The Morgan fingerprint density at radius 3 is 0.464 bits per heavy atom. The summed E-state index contributed by atoms with van der Waals surface area (Å²) in [5.74, 6) is 1.83. The molecule has 0 atom stereocenters. The summed E-state index contributed by atoms with van der Waals surface area (Å²) in [7, 11) is 0. The zero-order valence-corrected chi connectivity index (χ0v) is 43.5. The largest absolute Gasteiger partial charge is 0.438 e. The summed E-state index contributed by atoms with van der Waals surface area (Å²) in [6, 6.07) is 72.5. The Kier molecular flexibility index (Phi) is 12.8. The highest BCUT2D eigenvalue weighted by Crippen LogP contribution is 2.41. The Balaban J connectivity index is 1.02. The van der Waals surface area contributed by atoms with Crippen LogP contribution in [0, 0.1) is 68.0 Å². The first-order valence-corrected chi connectivity index (χ1v) is 25.8. The number of benzene rings is 8. The van der Waals surface area contributed by atoms with Crippen molar-refractivity contribution >= 4 is 0 Å². The standard InChI is InChI=1S/C69H33N9O6/c70-34-52-31-53(35-71)65-76-64(52)79-58-13-1-40(2-14-58)46-25-47-27-48(26-46)42-5-17-60(18-6-42)82-67-55(37-73)33-57(39-75)69(78-67)84-63-23-11-45(12-24-63)51-29-49(43-7-19-61(80-65)20-8-43)28-50(30-51)44-9-21-62(22-10-44)83-68-56(38-74)32-54(36-72)66(77-68)81-59-15-3-41(47)4-16-59/h1-33H. The number of ether oxygens (including phenoxy) is 6. The smallest absolute Gasteiger partial charge is 0.240 e. The second-order valence-electron chi connectivity index (χ2n) is 19.1. The monoisotopic (exact) mass is 1080 g/mol. The van der Waals surface area contributed by atoms with Gasteiger partial charge in [-0.3, -0.25) is 0 Å². The molecule has 0 amide bonds. The second-order valence-corrected chi connectivity index (χ2v) is 19.1. The van der Waals surface area contributed by atoms with Gasteiger partial charge in [0.05, 0.1) is 0 Å². The average molecular weight is 1080 g/mol. The van der Waals surface area contributed by atoms with E-state index in [4.69, 9.17) is 28.4 Å². The molecule has 21 aliphatic heterocycles. The Labute approximate surface area is 479 Å². The molecule has 0 fully saturated rings. The molecule has 84 heavy (non-hydrogen) atoms. The van der Waals surface area contributed by atoms with Crippen LogP contribution in [-0.2, 0) is 0 Å². The molecule has 0 spiro atoms. The summed E-state index contributed by atoms with van der Waals surface area (Å²) < 4.78 is 37.6. The van der Waals surface area contributed by atoms with Crippen molar-refractivity contribution in [3.63, 3.8) is 0 Å². The molecule has 21 aliphatic rings. The summed E-state index contributed by atoms with van der Waals surface area (Å²) in [4.78, 5) is 13.7. The zero-order valence-electron chi connectivity index (χ0n) is 43.5. The van der Waals surface area contributed by atoms with Crippen LogP contribution in [0.2, 0.25) is 0 Å². The van der Waals surface area contributed by atoms with Crippen molar-refractivity contribution in [2.75, 3.05) is 0 Å². The highest BCUT2D eigenvalue weighted by atomic mass is 16.5. The topological polar surface area (TPSA) is 237 Å². The Bertz CT molecular complexity index is 3960. The van der Waals surface area contributed by atoms with Gasteiger partial charge in [-0.2, -0.15) is 46.5 Å². The van der Waals surface area contributed by atoms with Crippen LogP contribution in [0.5, 0.6) is 69.8 Å². The fraction of sp³-hybridized carbons (Fsp3) is 0. The molecule has 8 aromatic carbocycles. The normalized spacial score (nSPS) is 11.4. The number of pyridine rings is 3. The van der Waals surface area contributed by atoms with E-state index in [0.29, 0.717) is 34.5 Å². The molecule has 15 heteroatoms. The Morgan fingerprint density at radius 2 is 0.333 bits per heavy atom. The number of aromatic nitrogens is 3. The van der Waals surface area contributed by atoms with Crippen LogP contribution >= 0.6 is 0 Å². The fourth-order valence-corrected chi connectivity index (χ4v) is 9.61. The second kappa shape index (κ2) is 21.3. The van der Waals surface area contributed by atoms with Crippen molar-refractivity contribution < 1.29 is 28.4 Å². The van der Waals surface area contributed by atoms with Crippen LogP contribution in [0.15, 0.2) is 200 Å². The summed E-state index contributed by atoms with van der Waals surface area (Å²) in [5.41, 5.74) is 9.95. The lowest BCUT2D eigenvalue weighted by Crippen LogP contribution is -1.99. The molecular formula is C69H33N9O6. The van der Waals surface area contributed by atoms with Crippen LogP contribution < -0.4 is 28.4 Å². The number of rotatable bonds is 0. The van der Waals surface area contributed by atoms with Gasteiger partial charge >= 0.3 is 0 Å². The molecule has 11 aromatic rings. The summed E-state index contributed by atoms with van der Waals surface area (Å²) in [5, 5.41) is 61.4. The van der Waals surface area contributed by atoms with Gasteiger partial charge < -0.3 is 28.4 Å². The minimum Gasteiger partial charge on any atom is -0.438 e. The summed E-state index contributed by atoms with van der Waals surface area (Å²) in [6.07, 6.45) is 0. The lowest BCUT2D eigenvalue weighted by molar-refractivity contribution is 0.423. The lowest BCUT2D eigenvalue weighted by Gasteiger charge is -2.15. The van der Waals surface area contributed by atoms with Crippen LogP contribution in [-0.4, -0.2) is 15.0 Å². The lowest BCUT2D eigenvalue weighted by atomic mass is 9.93. The molecule has 0 aliphatic carbocycles. The zero-order chi connectivity index (χ0) is 57.3. The third-order valence-corrected chi connectivity index (χ3v) is 13.9. The van der Waals surface area contributed by atoms with Crippen molar-refractivity contribution in [1.82, 2.24) is 15.0 Å². The van der Waals surface area contributed by atoms with Gasteiger partial charge in [-0.25, -0.2) is 0 Å². The van der Waals surface area contributed by atoms with Gasteiger partial charge in [0.2, 0.25) is 35.3 Å². The van der Waals surface area contributed by atoms with Crippen molar-refractivity contribution in [3.8, 4) is 173 Å². The van der Waals surface area contributed by atoms with Crippen molar-refractivity contribution in [2.45, 2.75) is 0 Å². The SMILES string of the molecule is N#Cc1cc(C#N)c2nc1Oc1ccc(cc1)-c1cc3cc(c1)-c1ccc(cc1)Oc1nc(c(C#N)cc1C#N)Oc1ccc(cc1)-c1cc(cc(c1)-c1ccc(cc1)Oc1nc(c(C#N)cc1C#N)Oc1ccc-3cc1)-c1ccc(cc1)O2. The number of nitrogens with zero attached hydrogens (tertiary/aromatic N) is 9. The van der Waals surface area contributed by atoms with E-state index in [1.54, 1.807) is 72.8 Å². The van der Waals surface area contributed by atoms with Crippen molar-refractivity contribution in [1.29, 1.82) is 31.6 Å². The van der Waals surface area contributed by atoms with E-state index in [9.17, 15) is 31.6 Å². The number of hydrogen-bond donors (Lipinski definition) is 0. The van der Waals surface area contributed by atoms with Crippen molar-refractivity contribution in [3.05, 3.63) is 234 Å². The van der Waals surface area contributed by atoms with Gasteiger partial charge in [0.25, 0.3) is 0 Å². The first-order valence-electron chi connectivity index (χ1n) is 25.8. The molecule has 15 nitrogen and oxygen atoms in total. The van der Waals surface area contributed by atoms with Crippen LogP contribution in [0.3, 0.4) is 0 Å². The summed E-state index contributed by atoms with van der Waals surface area (Å²) in [6.45, 7) is 0. The molecule has 0 saturated carbocycles. The first kappa shape index (κ1) is 50.5. The molecule has 390 valence electrons. The van der Waals surface area contributed by atoms with E-state index in [2.05, 4.69) is 51.4 Å². The van der Waals surface area contributed by atoms with Gasteiger partial charge in [-0.05, 0) is 194 Å². The molecule has 0 saturated heterocycles. The van der Waals surface area contributed by atoms with Gasteiger partial charge in [0, 0.05) is 0 Å². The highest BCUT2D eigenvalue weighted by Gasteiger charge is 2.21. The molecule has 3 aromatic heterocycles. The Hall–Kier alpha value is -13.1. The third-order valence-electron chi connectivity index (χ3n) is 13.9. The van der Waals surface area contributed by atoms with Crippen LogP contribution in [0.4, 0.5) is 0 Å². The van der Waals surface area contributed by atoms with Gasteiger partial charge in [0.1, 0.15) is 104 Å². The minimum atomic E-state index is -0.0565. The van der Waals surface area contributed by atoms with E-state index in [-0.39, 0.29) is 68.7 Å².